The molecule has 0 aliphatic carbocycles. The Balaban J connectivity index is 1.60. The quantitative estimate of drug-likeness (QED) is 0.518. The lowest BCUT2D eigenvalue weighted by atomic mass is 10.2. The maximum Gasteiger partial charge on any atom is 0.225 e. The molecule has 6 heteroatoms. The summed E-state index contributed by atoms with van der Waals surface area (Å²) in [5, 5.41) is -0.0821. The first-order valence-corrected chi connectivity index (χ1v) is 8.58. The molecule has 2 atom stereocenters. The zero-order valence-corrected chi connectivity index (χ0v) is 14.3. The van der Waals surface area contributed by atoms with Gasteiger partial charge in [-0.15, -0.1) is 12.6 Å². The molecule has 1 aromatic heterocycles. The number of aromatic nitrogens is 2. The molecule has 0 radical (unpaired) electrons. The van der Waals surface area contributed by atoms with Crippen molar-refractivity contribution in [1.29, 1.82) is 0 Å². The number of piperazine rings is 1. The lowest BCUT2D eigenvalue weighted by molar-refractivity contribution is -0.110. The second kappa shape index (κ2) is 7.33. The zero-order chi connectivity index (χ0) is 16.2. The Bertz CT molecular complexity index is 608. The van der Waals surface area contributed by atoms with Gasteiger partial charge in [0.1, 0.15) is 0 Å². The third-order valence-electron chi connectivity index (χ3n) is 4.46. The van der Waals surface area contributed by atoms with Gasteiger partial charge in [-0.2, -0.15) is 0 Å². The van der Waals surface area contributed by atoms with Gasteiger partial charge in [0.15, 0.2) is 5.12 Å². The van der Waals surface area contributed by atoms with Crippen molar-refractivity contribution in [1.82, 2.24) is 14.9 Å². The highest BCUT2D eigenvalue weighted by molar-refractivity contribution is 7.96. The van der Waals surface area contributed by atoms with Gasteiger partial charge in [0.25, 0.3) is 0 Å². The summed E-state index contributed by atoms with van der Waals surface area (Å²) < 4.78 is 0. The summed E-state index contributed by atoms with van der Waals surface area (Å²) in [4.78, 5) is 24.6. The summed E-state index contributed by atoms with van der Waals surface area (Å²) in [5.74, 6) is 6.94. The van der Waals surface area contributed by atoms with Gasteiger partial charge in [-0.25, -0.2) is 9.97 Å². The third kappa shape index (κ3) is 4.04. The molecule has 2 aliphatic rings. The SMILES string of the molecule is CN1CC2CCC(C1)N2c1ncc(C#CCCCC(=O)S)cn1. The van der Waals surface area contributed by atoms with E-state index < -0.39 is 0 Å². The van der Waals surface area contributed by atoms with E-state index in [9.17, 15) is 4.79 Å². The molecule has 2 bridgehead atoms. The smallest absolute Gasteiger partial charge is 0.225 e. The van der Waals surface area contributed by atoms with E-state index in [1.54, 1.807) is 12.4 Å². The molecular weight excluding hydrogens is 308 g/mol. The minimum Gasteiger partial charge on any atom is -0.332 e. The van der Waals surface area contributed by atoms with Crippen LogP contribution in [-0.4, -0.2) is 52.2 Å². The topological polar surface area (TPSA) is 49.3 Å². The Hall–Kier alpha value is -1.58. The van der Waals surface area contributed by atoms with E-state index >= 15 is 0 Å². The van der Waals surface area contributed by atoms with Gasteiger partial charge in [0, 0.05) is 50.4 Å². The van der Waals surface area contributed by atoms with Crippen LogP contribution in [0.15, 0.2) is 12.4 Å². The Morgan fingerprint density at radius 3 is 2.57 bits per heavy atom. The first-order chi connectivity index (χ1) is 11.1. The highest BCUT2D eigenvalue weighted by Gasteiger charge is 2.39. The maximum atomic E-state index is 10.7. The minimum absolute atomic E-state index is 0.0821. The Morgan fingerprint density at radius 1 is 1.30 bits per heavy atom. The van der Waals surface area contributed by atoms with E-state index in [1.165, 1.54) is 12.8 Å². The number of carbonyl (C=O) groups excluding carboxylic acids is 1. The lowest BCUT2D eigenvalue weighted by Gasteiger charge is -2.39. The predicted molar refractivity (Wildman–Crippen MR) is 93.5 cm³/mol. The average molecular weight is 330 g/mol. The summed E-state index contributed by atoms with van der Waals surface area (Å²) in [5.41, 5.74) is 0.826. The van der Waals surface area contributed by atoms with Crippen LogP contribution >= 0.6 is 12.6 Å². The van der Waals surface area contributed by atoms with Crippen LogP contribution in [-0.2, 0) is 4.79 Å². The Labute approximate surface area is 142 Å². The number of hydrogen-bond acceptors (Lipinski definition) is 5. The van der Waals surface area contributed by atoms with E-state index in [-0.39, 0.29) is 5.12 Å². The monoisotopic (exact) mass is 330 g/mol. The summed E-state index contributed by atoms with van der Waals surface area (Å²) in [6.07, 6.45) is 7.97. The second-order valence-corrected chi connectivity index (χ2v) is 6.83. The van der Waals surface area contributed by atoms with E-state index in [1.807, 2.05) is 0 Å². The molecule has 0 amide bonds. The maximum absolute atomic E-state index is 10.7. The number of fused-ring (bicyclic) bond motifs is 2. The van der Waals surface area contributed by atoms with Gasteiger partial charge in [-0.3, -0.25) is 4.79 Å². The van der Waals surface area contributed by atoms with Crippen LogP contribution in [0, 0.1) is 11.8 Å². The van der Waals surface area contributed by atoms with Crippen LogP contribution < -0.4 is 4.90 Å². The van der Waals surface area contributed by atoms with Crippen LogP contribution in [0.1, 0.15) is 37.7 Å². The molecule has 2 aliphatic heterocycles. The van der Waals surface area contributed by atoms with E-state index in [0.717, 1.165) is 31.0 Å². The van der Waals surface area contributed by atoms with Crippen molar-refractivity contribution in [2.75, 3.05) is 25.0 Å². The van der Waals surface area contributed by atoms with Crippen molar-refractivity contribution in [3.05, 3.63) is 18.0 Å². The van der Waals surface area contributed by atoms with Gasteiger partial charge in [0.2, 0.25) is 5.95 Å². The van der Waals surface area contributed by atoms with Gasteiger partial charge >= 0.3 is 0 Å². The molecule has 1 aromatic rings. The van der Waals surface area contributed by atoms with Crippen molar-refractivity contribution in [2.45, 2.75) is 44.2 Å². The first-order valence-electron chi connectivity index (χ1n) is 8.13. The first kappa shape index (κ1) is 16.3. The second-order valence-electron chi connectivity index (χ2n) is 6.33. The Morgan fingerprint density at radius 2 is 1.96 bits per heavy atom. The Kier molecular flexibility index (Phi) is 5.19. The van der Waals surface area contributed by atoms with E-state index in [4.69, 9.17) is 0 Å². The van der Waals surface area contributed by atoms with Crippen molar-refractivity contribution in [3.8, 4) is 11.8 Å². The highest BCUT2D eigenvalue weighted by Crippen LogP contribution is 2.32. The molecule has 5 nitrogen and oxygen atoms in total. The van der Waals surface area contributed by atoms with Crippen molar-refractivity contribution in [3.63, 3.8) is 0 Å². The molecule has 3 rings (SSSR count). The number of likely N-dealkylation sites (N-methyl/N-ethyl adjacent to an activating group) is 1. The van der Waals surface area contributed by atoms with Gasteiger partial charge in [0.05, 0.1) is 5.56 Å². The van der Waals surface area contributed by atoms with Gasteiger partial charge < -0.3 is 9.80 Å². The third-order valence-corrected chi connectivity index (χ3v) is 4.68. The lowest BCUT2D eigenvalue weighted by Crippen LogP contribution is -2.53. The van der Waals surface area contributed by atoms with Gasteiger partial charge in [-0.05, 0) is 26.3 Å². The summed E-state index contributed by atoms with van der Waals surface area (Å²) in [6, 6.07) is 1.07. The predicted octanol–water partition coefficient (Wildman–Crippen LogP) is 1.74. The van der Waals surface area contributed by atoms with Crippen LogP contribution in [0.4, 0.5) is 5.95 Å². The number of rotatable bonds is 4. The number of anilines is 1. The molecular formula is C17H22N4OS. The van der Waals surface area contributed by atoms with Crippen LogP contribution in [0.25, 0.3) is 0 Å². The fourth-order valence-electron chi connectivity index (χ4n) is 3.45. The number of hydrogen-bond donors (Lipinski definition) is 1. The fourth-order valence-corrected chi connectivity index (χ4v) is 3.61. The largest absolute Gasteiger partial charge is 0.332 e. The fraction of sp³-hybridized carbons (Fsp3) is 0.588. The standard InChI is InChI=1S/C17H22N4OS/c1-20-11-14-7-8-15(12-20)21(14)17-18-9-13(10-19-17)5-3-2-4-6-16(22)23/h9-10,14-15H,2,4,6-8,11-12H2,1H3,(H,22,23). The normalized spacial score (nSPS) is 23.5. The molecule has 122 valence electrons. The summed E-state index contributed by atoms with van der Waals surface area (Å²) >= 11 is 3.74. The van der Waals surface area contributed by atoms with Crippen molar-refractivity contribution < 1.29 is 4.79 Å². The zero-order valence-electron chi connectivity index (χ0n) is 13.4. The van der Waals surface area contributed by atoms with Crippen LogP contribution in [0.5, 0.6) is 0 Å². The highest BCUT2D eigenvalue weighted by atomic mass is 32.1. The molecule has 0 saturated carbocycles. The van der Waals surface area contributed by atoms with Crippen molar-refractivity contribution in [2.24, 2.45) is 0 Å². The molecule has 2 saturated heterocycles. The molecule has 0 N–H and O–H groups in total. The molecule has 0 spiro atoms. The molecule has 3 heterocycles. The van der Waals surface area contributed by atoms with Crippen LogP contribution in [0.3, 0.4) is 0 Å². The molecule has 0 aromatic carbocycles. The van der Waals surface area contributed by atoms with Gasteiger partial charge in [-0.1, -0.05) is 11.8 Å². The average Bonchev–Trinajstić information content (AvgIpc) is 2.79. The number of carbonyl (C=O) groups is 1. The summed E-state index contributed by atoms with van der Waals surface area (Å²) in [6.45, 7) is 2.18. The minimum atomic E-state index is -0.0821. The molecule has 2 unspecified atom stereocenters. The summed E-state index contributed by atoms with van der Waals surface area (Å²) in [7, 11) is 2.18. The van der Waals surface area contributed by atoms with E-state index in [2.05, 4.69) is 51.3 Å². The number of likely N-dealkylation sites (tertiary alicyclic amines) is 1. The molecule has 2 fully saturated rings. The molecule has 23 heavy (non-hydrogen) atoms. The number of thiol groups is 1. The van der Waals surface area contributed by atoms with E-state index in [0.29, 0.717) is 24.9 Å². The van der Waals surface area contributed by atoms with Crippen molar-refractivity contribution >= 4 is 23.7 Å². The number of unbranched alkanes of at least 4 members (excludes halogenated alkanes) is 1. The van der Waals surface area contributed by atoms with Crippen LogP contribution in [0.2, 0.25) is 0 Å². The number of nitrogens with zero attached hydrogens (tertiary/aromatic N) is 4.